The van der Waals surface area contributed by atoms with E-state index in [1.54, 1.807) is 36.1 Å². The van der Waals surface area contributed by atoms with Crippen molar-refractivity contribution in [3.63, 3.8) is 0 Å². The average Bonchev–Trinajstić information content (AvgIpc) is 3.26. The van der Waals surface area contributed by atoms with E-state index in [1.807, 2.05) is 19.1 Å². The molecule has 0 bridgehead atoms. The van der Waals surface area contributed by atoms with Crippen LogP contribution >= 0.6 is 0 Å². The van der Waals surface area contributed by atoms with E-state index in [9.17, 15) is 14.4 Å². The number of imide groups is 1. The number of likely N-dealkylation sites (N-methyl/N-ethyl adjacent to an activating group) is 1. The van der Waals surface area contributed by atoms with Crippen LogP contribution in [-0.4, -0.2) is 40.7 Å². The van der Waals surface area contributed by atoms with Gasteiger partial charge in [0.25, 0.3) is 5.91 Å². The monoisotopic (exact) mass is 366 g/mol. The van der Waals surface area contributed by atoms with E-state index in [4.69, 9.17) is 5.26 Å². The number of benzene rings is 1. The van der Waals surface area contributed by atoms with Crippen LogP contribution in [0.15, 0.2) is 36.0 Å². The highest BCUT2D eigenvalue weighted by molar-refractivity contribution is 6.09. The van der Waals surface area contributed by atoms with Crippen molar-refractivity contribution in [2.45, 2.75) is 38.6 Å². The SMILES string of the molecule is CCN(C(=O)CN1C(=O)NC(C)(c2ccc(C#N)cc2)C1=O)C1=CCCC1. The van der Waals surface area contributed by atoms with Gasteiger partial charge in [0.15, 0.2) is 0 Å². The van der Waals surface area contributed by atoms with E-state index in [0.29, 0.717) is 17.7 Å². The lowest BCUT2D eigenvalue weighted by Gasteiger charge is -2.25. The van der Waals surface area contributed by atoms with Crippen molar-refractivity contribution in [2.24, 2.45) is 0 Å². The number of amides is 4. The Morgan fingerprint density at radius 2 is 2.04 bits per heavy atom. The molecule has 1 aliphatic carbocycles. The Morgan fingerprint density at radius 1 is 1.33 bits per heavy atom. The molecule has 3 rings (SSSR count). The van der Waals surface area contributed by atoms with E-state index in [1.165, 1.54) is 0 Å². The van der Waals surface area contributed by atoms with Crippen molar-refractivity contribution in [1.29, 1.82) is 5.26 Å². The molecule has 1 aromatic carbocycles. The molecular weight excluding hydrogens is 344 g/mol. The lowest BCUT2D eigenvalue weighted by atomic mass is 9.91. The quantitative estimate of drug-likeness (QED) is 0.809. The number of allylic oxidation sites excluding steroid dienone is 2. The van der Waals surface area contributed by atoms with Crippen molar-refractivity contribution in [3.05, 3.63) is 47.2 Å². The molecule has 7 heteroatoms. The highest BCUT2D eigenvalue weighted by Gasteiger charge is 2.49. The van der Waals surface area contributed by atoms with E-state index in [0.717, 1.165) is 29.9 Å². The Labute approximate surface area is 158 Å². The summed E-state index contributed by atoms with van der Waals surface area (Å²) in [5.74, 6) is -0.736. The van der Waals surface area contributed by atoms with Crippen LogP contribution in [0.3, 0.4) is 0 Å². The maximum absolute atomic E-state index is 13.0. The minimum Gasteiger partial charge on any atom is -0.319 e. The van der Waals surface area contributed by atoms with Crippen LogP contribution in [0.5, 0.6) is 0 Å². The zero-order valence-electron chi connectivity index (χ0n) is 15.5. The lowest BCUT2D eigenvalue weighted by molar-refractivity contribution is -0.137. The third kappa shape index (κ3) is 3.31. The Hall–Kier alpha value is -3.14. The molecule has 1 aliphatic heterocycles. The molecule has 0 aromatic heterocycles. The van der Waals surface area contributed by atoms with Gasteiger partial charge in [-0.05, 0) is 50.8 Å². The molecule has 0 saturated carbocycles. The second kappa shape index (κ2) is 7.23. The van der Waals surface area contributed by atoms with Crippen molar-refractivity contribution in [3.8, 4) is 6.07 Å². The van der Waals surface area contributed by atoms with Gasteiger partial charge in [-0.1, -0.05) is 18.2 Å². The van der Waals surface area contributed by atoms with Crippen LogP contribution in [0.1, 0.15) is 44.2 Å². The lowest BCUT2D eigenvalue weighted by Crippen LogP contribution is -2.44. The summed E-state index contributed by atoms with van der Waals surface area (Å²) in [5, 5.41) is 11.6. The molecule has 0 spiro atoms. The molecular formula is C20H22N4O3. The molecule has 1 heterocycles. The van der Waals surface area contributed by atoms with Crippen LogP contribution in [0.2, 0.25) is 0 Å². The Bertz CT molecular complexity index is 853. The summed E-state index contributed by atoms with van der Waals surface area (Å²) in [6, 6.07) is 7.91. The molecule has 27 heavy (non-hydrogen) atoms. The van der Waals surface area contributed by atoms with Gasteiger partial charge in [0, 0.05) is 12.2 Å². The topological polar surface area (TPSA) is 93.5 Å². The van der Waals surface area contributed by atoms with Gasteiger partial charge < -0.3 is 10.2 Å². The zero-order valence-corrected chi connectivity index (χ0v) is 15.5. The number of urea groups is 1. The molecule has 0 radical (unpaired) electrons. The molecule has 140 valence electrons. The van der Waals surface area contributed by atoms with Crippen molar-refractivity contribution in [2.75, 3.05) is 13.1 Å². The number of nitrogens with one attached hydrogen (secondary N) is 1. The molecule has 2 aliphatic rings. The summed E-state index contributed by atoms with van der Waals surface area (Å²) in [6.07, 6.45) is 4.83. The van der Waals surface area contributed by atoms with Gasteiger partial charge in [0.2, 0.25) is 5.91 Å². The summed E-state index contributed by atoms with van der Waals surface area (Å²) in [4.78, 5) is 40.7. The van der Waals surface area contributed by atoms with Gasteiger partial charge in [-0.2, -0.15) is 5.26 Å². The standard InChI is InChI=1S/C20H22N4O3/c1-3-23(16-6-4-5-7-16)17(25)13-24-18(26)20(2,22-19(24)27)15-10-8-14(12-21)9-11-15/h6,8-11H,3-5,7,13H2,1-2H3,(H,22,27). The van der Waals surface area contributed by atoms with E-state index in [2.05, 4.69) is 5.32 Å². The van der Waals surface area contributed by atoms with Crippen LogP contribution in [0.4, 0.5) is 4.79 Å². The largest absolute Gasteiger partial charge is 0.325 e. The van der Waals surface area contributed by atoms with Gasteiger partial charge in [0.05, 0.1) is 11.6 Å². The highest BCUT2D eigenvalue weighted by atomic mass is 16.2. The molecule has 1 N–H and O–H groups in total. The van der Waals surface area contributed by atoms with Gasteiger partial charge in [-0.15, -0.1) is 0 Å². The average molecular weight is 366 g/mol. The molecule has 1 fully saturated rings. The summed E-state index contributed by atoms with van der Waals surface area (Å²) in [7, 11) is 0. The summed E-state index contributed by atoms with van der Waals surface area (Å²) >= 11 is 0. The van der Waals surface area contributed by atoms with Gasteiger partial charge in [0.1, 0.15) is 12.1 Å². The maximum Gasteiger partial charge on any atom is 0.325 e. The minimum atomic E-state index is -1.25. The second-order valence-corrected chi connectivity index (χ2v) is 6.86. The second-order valence-electron chi connectivity index (χ2n) is 6.86. The van der Waals surface area contributed by atoms with Crippen molar-refractivity contribution < 1.29 is 14.4 Å². The van der Waals surface area contributed by atoms with E-state index in [-0.39, 0.29) is 12.5 Å². The normalized spacial score (nSPS) is 21.7. The predicted octanol–water partition coefficient (Wildman–Crippen LogP) is 2.24. The minimum absolute atomic E-state index is 0.266. The predicted molar refractivity (Wildman–Crippen MR) is 98.1 cm³/mol. The Morgan fingerprint density at radius 3 is 2.59 bits per heavy atom. The number of rotatable bonds is 5. The summed E-state index contributed by atoms with van der Waals surface area (Å²) < 4.78 is 0. The van der Waals surface area contributed by atoms with Crippen LogP contribution in [0, 0.1) is 11.3 Å². The van der Waals surface area contributed by atoms with Gasteiger partial charge in [-0.3, -0.25) is 14.5 Å². The molecule has 1 aromatic rings. The number of nitrogens with zero attached hydrogens (tertiary/aromatic N) is 3. The third-order valence-corrected chi connectivity index (χ3v) is 5.14. The number of nitriles is 1. The smallest absolute Gasteiger partial charge is 0.319 e. The number of hydrogen-bond acceptors (Lipinski definition) is 4. The third-order valence-electron chi connectivity index (χ3n) is 5.14. The number of hydrogen-bond donors (Lipinski definition) is 1. The fourth-order valence-electron chi connectivity index (χ4n) is 3.57. The maximum atomic E-state index is 13.0. The molecule has 7 nitrogen and oxygen atoms in total. The fraction of sp³-hybridized carbons (Fsp3) is 0.400. The van der Waals surface area contributed by atoms with E-state index < -0.39 is 17.5 Å². The zero-order chi connectivity index (χ0) is 19.6. The summed E-state index contributed by atoms with van der Waals surface area (Å²) in [5.41, 5.74) is 0.745. The molecule has 4 amide bonds. The fourth-order valence-corrected chi connectivity index (χ4v) is 3.57. The van der Waals surface area contributed by atoms with Gasteiger partial charge in [-0.25, -0.2) is 4.79 Å². The first-order valence-electron chi connectivity index (χ1n) is 9.05. The number of carbonyl (C=O) groups is 3. The first-order valence-corrected chi connectivity index (χ1v) is 9.05. The summed E-state index contributed by atoms with van der Waals surface area (Å²) in [6.45, 7) is 3.70. The van der Waals surface area contributed by atoms with Crippen molar-refractivity contribution >= 4 is 17.8 Å². The van der Waals surface area contributed by atoms with Crippen LogP contribution < -0.4 is 5.32 Å². The first-order chi connectivity index (χ1) is 12.9. The van der Waals surface area contributed by atoms with Crippen molar-refractivity contribution in [1.82, 2.24) is 15.1 Å². The van der Waals surface area contributed by atoms with Crippen LogP contribution in [-0.2, 0) is 15.1 Å². The molecule has 1 saturated heterocycles. The van der Waals surface area contributed by atoms with Crippen LogP contribution in [0.25, 0.3) is 0 Å². The first kappa shape index (κ1) is 18.6. The van der Waals surface area contributed by atoms with E-state index >= 15 is 0 Å². The molecule has 1 atom stereocenters. The Balaban J connectivity index is 1.79. The Kier molecular flexibility index (Phi) is 5.00. The number of carbonyl (C=O) groups excluding carboxylic acids is 3. The highest BCUT2D eigenvalue weighted by Crippen LogP contribution is 2.29. The van der Waals surface area contributed by atoms with Gasteiger partial charge >= 0.3 is 6.03 Å². The molecule has 1 unspecified atom stereocenters.